The van der Waals surface area contributed by atoms with Gasteiger partial charge >= 0.3 is 0 Å². The third-order valence-corrected chi connectivity index (χ3v) is 6.08. The molecule has 2 heterocycles. The SMILES string of the molecule is CS(=O)(=O)c1ccc(Nc2ncc(C(N)=O)c(NC3CC3)n2)cc1N1CCOCC1. The third-order valence-electron chi connectivity index (χ3n) is 4.94. The average Bonchev–Trinajstić information content (AvgIpc) is 3.52. The molecule has 2 fully saturated rings. The zero-order valence-corrected chi connectivity index (χ0v) is 17.4. The second-order valence-electron chi connectivity index (χ2n) is 7.42. The van der Waals surface area contributed by atoms with E-state index in [1.165, 1.54) is 12.5 Å². The minimum atomic E-state index is -3.40. The van der Waals surface area contributed by atoms with Gasteiger partial charge in [-0.15, -0.1) is 0 Å². The number of aromatic nitrogens is 2. The molecule has 1 aliphatic carbocycles. The number of nitrogens with two attached hydrogens (primary N) is 1. The zero-order chi connectivity index (χ0) is 21.3. The number of carbonyl (C=O) groups excluding carboxylic acids is 1. The maximum absolute atomic E-state index is 12.3. The highest BCUT2D eigenvalue weighted by Gasteiger charge is 2.25. The van der Waals surface area contributed by atoms with Gasteiger partial charge in [0.05, 0.1) is 29.4 Å². The first kappa shape index (κ1) is 20.4. The number of anilines is 4. The topological polar surface area (TPSA) is 140 Å². The van der Waals surface area contributed by atoms with E-state index in [1.54, 1.807) is 18.2 Å². The lowest BCUT2D eigenvalue weighted by Crippen LogP contribution is -2.37. The molecule has 0 spiro atoms. The van der Waals surface area contributed by atoms with Crippen molar-refractivity contribution in [2.75, 3.05) is 48.1 Å². The van der Waals surface area contributed by atoms with E-state index in [0.29, 0.717) is 43.5 Å². The molecule has 0 bridgehead atoms. The second kappa shape index (κ2) is 8.07. The molecule has 1 aromatic heterocycles. The Bertz CT molecular complexity index is 1060. The number of benzene rings is 1. The van der Waals surface area contributed by atoms with Crippen LogP contribution in [0.15, 0.2) is 29.3 Å². The summed E-state index contributed by atoms with van der Waals surface area (Å²) in [4.78, 5) is 22.5. The molecular weight excluding hydrogens is 408 g/mol. The van der Waals surface area contributed by atoms with E-state index in [0.717, 1.165) is 12.8 Å². The standard InChI is InChI=1S/C19H24N6O4S/c1-30(27,28)16-5-4-13(10-15(16)25-6-8-29-9-7-25)23-19-21-11-14(17(20)26)18(24-19)22-12-2-3-12/h4-5,10-12H,2-3,6-9H2,1H3,(H2,20,26)(H2,21,22,23,24). The van der Waals surface area contributed by atoms with Crippen molar-refractivity contribution in [3.8, 4) is 0 Å². The number of hydrogen-bond donors (Lipinski definition) is 3. The van der Waals surface area contributed by atoms with Gasteiger partial charge in [0.1, 0.15) is 5.82 Å². The van der Waals surface area contributed by atoms with Gasteiger partial charge in [-0.1, -0.05) is 0 Å². The predicted octanol–water partition coefficient (Wildman–Crippen LogP) is 1.13. The summed E-state index contributed by atoms with van der Waals surface area (Å²) < 4.78 is 29.9. The van der Waals surface area contributed by atoms with Crippen molar-refractivity contribution in [3.05, 3.63) is 30.0 Å². The van der Waals surface area contributed by atoms with E-state index in [4.69, 9.17) is 10.5 Å². The molecule has 1 saturated carbocycles. The Hall–Kier alpha value is -2.92. The molecule has 160 valence electrons. The third kappa shape index (κ3) is 4.62. The summed E-state index contributed by atoms with van der Waals surface area (Å²) in [5, 5.41) is 6.29. The highest BCUT2D eigenvalue weighted by molar-refractivity contribution is 7.90. The van der Waals surface area contributed by atoms with Gasteiger partial charge in [-0.3, -0.25) is 4.79 Å². The number of primary amides is 1. The highest BCUT2D eigenvalue weighted by atomic mass is 32.2. The van der Waals surface area contributed by atoms with Crippen LogP contribution in [-0.2, 0) is 14.6 Å². The van der Waals surface area contributed by atoms with Crippen molar-refractivity contribution in [2.24, 2.45) is 5.73 Å². The summed E-state index contributed by atoms with van der Waals surface area (Å²) in [5.41, 5.74) is 6.89. The van der Waals surface area contributed by atoms with Gasteiger partial charge in [-0.2, -0.15) is 4.98 Å². The molecular formula is C19H24N6O4S. The van der Waals surface area contributed by atoms with Crippen LogP contribution in [0.2, 0.25) is 0 Å². The summed E-state index contributed by atoms with van der Waals surface area (Å²) in [5.74, 6) is 0.0728. The molecule has 11 heteroatoms. The zero-order valence-electron chi connectivity index (χ0n) is 16.6. The first-order valence-corrected chi connectivity index (χ1v) is 11.6. The molecule has 0 atom stereocenters. The highest BCUT2D eigenvalue weighted by Crippen LogP contribution is 2.31. The Morgan fingerprint density at radius 1 is 1.27 bits per heavy atom. The molecule has 1 aromatic carbocycles. The lowest BCUT2D eigenvalue weighted by molar-refractivity contribution is 0.100. The van der Waals surface area contributed by atoms with E-state index in [-0.39, 0.29) is 22.4 Å². The predicted molar refractivity (Wildman–Crippen MR) is 113 cm³/mol. The van der Waals surface area contributed by atoms with E-state index >= 15 is 0 Å². The van der Waals surface area contributed by atoms with Crippen LogP contribution in [0.3, 0.4) is 0 Å². The van der Waals surface area contributed by atoms with Gasteiger partial charge in [0.25, 0.3) is 5.91 Å². The number of hydrogen-bond acceptors (Lipinski definition) is 9. The van der Waals surface area contributed by atoms with Crippen LogP contribution in [-0.4, -0.2) is 62.9 Å². The van der Waals surface area contributed by atoms with Crippen molar-refractivity contribution in [3.63, 3.8) is 0 Å². The molecule has 0 radical (unpaired) electrons. The fraction of sp³-hybridized carbons (Fsp3) is 0.421. The Balaban J connectivity index is 1.65. The minimum Gasteiger partial charge on any atom is -0.378 e. The molecule has 30 heavy (non-hydrogen) atoms. The van der Waals surface area contributed by atoms with Crippen molar-refractivity contribution in [2.45, 2.75) is 23.8 Å². The van der Waals surface area contributed by atoms with Crippen LogP contribution in [0.5, 0.6) is 0 Å². The Labute approximate surface area is 174 Å². The summed E-state index contributed by atoms with van der Waals surface area (Å²) in [7, 11) is -3.40. The lowest BCUT2D eigenvalue weighted by atomic mass is 10.2. The van der Waals surface area contributed by atoms with Crippen LogP contribution in [0.1, 0.15) is 23.2 Å². The summed E-state index contributed by atoms with van der Waals surface area (Å²) >= 11 is 0. The fourth-order valence-corrected chi connectivity index (χ4v) is 4.13. The number of sulfone groups is 1. The molecule has 4 N–H and O–H groups in total. The maximum Gasteiger partial charge on any atom is 0.254 e. The Kier molecular flexibility index (Phi) is 5.48. The summed E-state index contributed by atoms with van der Waals surface area (Å²) in [6, 6.07) is 5.29. The monoisotopic (exact) mass is 432 g/mol. The average molecular weight is 433 g/mol. The number of nitrogens with zero attached hydrogens (tertiary/aromatic N) is 3. The smallest absolute Gasteiger partial charge is 0.254 e. The molecule has 10 nitrogen and oxygen atoms in total. The normalized spacial score (nSPS) is 16.9. The summed E-state index contributed by atoms with van der Waals surface area (Å²) in [6.07, 6.45) is 4.61. The molecule has 1 saturated heterocycles. The number of amides is 1. The fourth-order valence-electron chi connectivity index (χ4n) is 3.24. The van der Waals surface area contributed by atoms with Crippen LogP contribution >= 0.6 is 0 Å². The summed E-state index contributed by atoms with van der Waals surface area (Å²) in [6.45, 7) is 2.28. The quantitative estimate of drug-likeness (QED) is 0.587. The van der Waals surface area contributed by atoms with Gasteiger partial charge in [-0.05, 0) is 31.0 Å². The van der Waals surface area contributed by atoms with Crippen molar-refractivity contribution >= 4 is 38.9 Å². The Morgan fingerprint density at radius 2 is 2.00 bits per heavy atom. The van der Waals surface area contributed by atoms with Crippen LogP contribution < -0.4 is 21.3 Å². The molecule has 0 unspecified atom stereocenters. The van der Waals surface area contributed by atoms with E-state index in [9.17, 15) is 13.2 Å². The van der Waals surface area contributed by atoms with E-state index in [1.807, 2.05) is 4.90 Å². The lowest BCUT2D eigenvalue weighted by Gasteiger charge is -2.30. The first-order valence-electron chi connectivity index (χ1n) is 9.68. The number of rotatable bonds is 7. The van der Waals surface area contributed by atoms with Gasteiger partial charge in [0, 0.05) is 37.3 Å². The maximum atomic E-state index is 12.3. The van der Waals surface area contributed by atoms with Gasteiger partial charge in [0.2, 0.25) is 5.95 Å². The minimum absolute atomic E-state index is 0.230. The van der Waals surface area contributed by atoms with E-state index < -0.39 is 15.7 Å². The van der Waals surface area contributed by atoms with E-state index in [2.05, 4.69) is 20.6 Å². The number of ether oxygens (including phenoxy) is 1. The van der Waals surface area contributed by atoms with Crippen molar-refractivity contribution < 1.29 is 17.9 Å². The number of carbonyl (C=O) groups is 1. The first-order chi connectivity index (χ1) is 14.3. The van der Waals surface area contributed by atoms with Gasteiger partial charge < -0.3 is 26.0 Å². The molecule has 2 aliphatic rings. The Morgan fingerprint density at radius 3 is 2.63 bits per heavy atom. The van der Waals surface area contributed by atoms with Crippen LogP contribution in [0.25, 0.3) is 0 Å². The van der Waals surface area contributed by atoms with Gasteiger partial charge in [0.15, 0.2) is 9.84 Å². The van der Waals surface area contributed by atoms with Gasteiger partial charge in [-0.25, -0.2) is 13.4 Å². The molecule has 4 rings (SSSR count). The number of morpholine rings is 1. The second-order valence-corrected chi connectivity index (χ2v) is 9.40. The van der Waals surface area contributed by atoms with Crippen molar-refractivity contribution in [1.82, 2.24) is 9.97 Å². The largest absolute Gasteiger partial charge is 0.378 e. The molecule has 2 aromatic rings. The van der Waals surface area contributed by atoms with Crippen molar-refractivity contribution in [1.29, 1.82) is 0 Å². The molecule has 1 amide bonds. The van der Waals surface area contributed by atoms with Crippen LogP contribution in [0, 0.1) is 0 Å². The number of nitrogens with one attached hydrogen (secondary N) is 2. The molecule has 1 aliphatic heterocycles. The van der Waals surface area contributed by atoms with Crippen LogP contribution in [0.4, 0.5) is 23.1 Å².